The van der Waals surface area contributed by atoms with E-state index in [4.69, 9.17) is 0 Å². The summed E-state index contributed by atoms with van der Waals surface area (Å²) in [6.45, 7) is 0. The molecule has 19 heavy (non-hydrogen) atoms. The van der Waals surface area contributed by atoms with Gasteiger partial charge in [-0.2, -0.15) is 0 Å². The lowest BCUT2D eigenvalue weighted by atomic mass is 10.3. The number of aromatic nitrogens is 3. The van der Waals surface area contributed by atoms with Crippen molar-refractivity contribution >= 4 is 5.70 Å². The lowest BCUT2D eigenvalue weighted by Gasteiger charge is -2.07. The summed E-state index contributed by atoms with van der Waals surface area (Å²) in [7, 11) is 3.43. The molecule has 0 aliphatic rings. The van der Waals surface area contributed by atoms with E-state index < -0.39 is 4.92 Å². The molecule has 7 nitrogen and oxygen atoms in total. The van der Waals surface area contributed by atoms with Gasteiger partial charge < -0.3 is 4.90 Å². The topological polar surface area (TPSA) is 77.1 Å². The minimum Gasteiger partial charge on any atom is -0.378 e. The summed E-state index contributed by atoms with van der Waals surface area (Å²) in [5.41, 5.74) is 0.667. The van der Waals surface area contributed by atoms with Crippen LogP contribution in [0.3, 0.4) is 0 Å². The van der Waals surface area contributed by atoms with Crippen LogP contribution in [-0.4, -0.2) is 38.7 Å². The second kappa shape index (κ2) is 5.30. The Hall–Kier alpha value is -2.70. The average molecular weight is 259 g/mol. The van der Waals surface area contributed by atoms with Crippen LogP contribution in [0.2, 0.25) is 0 Å². The van der Waals surface area contributed by atoms with Crippen molar-refractivity contribution in [3.63, 3.8) is 0 Å². The third-order valence-electron chi connectivity index (χ3n) is 2.39. The summed E-state index contributed by atoms with van der Waals surface area (Å²) in [5, 5.41) is 18.7. The first kappa shape index (κ1) is 12.7. The maximum Gasteiger partial charge on any atom is 0.329 e. The number of hydrogen-bond acceptors (Lipinski definition) is 5. The summed E-state index contributed by atoms with van der Waals surface area (Å²) >= 11 is 0. The van der Waals surface area contributed by atoms with Gasteiger partial charge in [0.25, 0.3) is 0 Å². The molecule has 0 saturated heterocycles. The van der Waals surface area contributed by atoms with E-state index in [0.29, 0.717) is 0 Å². The lowest BCUT2D eigenvalue weighted by Crippen LogP contribution is -2.11. The van der Waals surface area contributed by atoms with Crippen LogP contribution in [0.1, 0.15) is 5.82 Å². The number of nitro groups is 1. The minimum atomic E-state index is -0.469. The molecule has 2 rings (SSSR count). The average Bonchev–Trinajstić information content (AvgIpc) is 2.85. The van der Waals surface area contributed by atoms with Crippen LogP contribution in [0, 0.1) is 10.1 Å². The molecule has 0 amide bonds. The van der Waals surface area contributed by atoms with E-state index in [1.165, 1.54) is 12.5 Å². The first-order valence-electron chi connectivity index (χ1n) is 5.58. The van der Waals surface area contributed by atoms with Crippen LogP contribution in [0.15, 0.2) is 42.9 Å². The summed E-state index contributed by atoms with van der Waals surface area (Å²) in [4.78, 5) is 12.3. The number of hydrogen-bond donors (Lipinski definition) is 0. The van der Waals surface area contributed by atoms with Gasteiger partial charge in [-0.15, -0.1) is 10.2 Å². The zero-order valence-corrected chi connectivity index (χ0v) is 10.6. The SMILES string of the molecule is CN(C)/C=C(/c1nncn1-c1ccccc1)[N+](=O)[O-]. The standard InChI is InChI=1S/C12H13N5O2/c1-15(2)8-11(17(18)19)12-14-13-9-16(12)10-6-4-3-5-7-10/h3-9H,1-2H3/b11-8-. The van der Waals surface area contributed by atoms with Gasteiger partial charge in [-0.25, -0.2) is 0 Å². The maximum atomic E-state index is 11.1. The molecule has 1 aromatic heterocycles. The van der Waals surface area contributed by atoms with Crippen LogP contribution in [0.25, 0.3) is 11.4 Å². The molecule has 1 aromatic carbocycles. The number of rotatable bonds is 4. The third kappa shape index (κ3) is 2.76. The summed E-state index contributed by atoms with van der Waals surface area (Å²) in [6.07, 6.45) is 2.86. The quantitative estimate of drug-likeness (QED) is 0.612. The number of benzene rings is 1. The number of para-hydroxylation sites is 1. The fraction of sp³-hybridized carbons (Fsp3) is 0.167. The van der Waals surface area contributed by atoms with Crippen molar-refractivity contribution in [2.45, 2.75) is 0 Å². The molecule has 7 heteroatoms. The van der Waals surface area contributed by atoms with Gasteiger partial charge in [0.1, 0.15) is 6.33 Å². The highest BCUT2D eigenvalue weighted by atomic mass is 16.6. The van der Waals surface area contributed by atoms with Gasteiger partial charge in [0.05, 0.1) is 11.1 Å². The van der Waals surface area contributed by atoms with Gasteiger partial charge in [0, 0.05) is 19.8 Å². The van der Waals surface area contributed by atoms with Gasteiger partial charge in [-0.1, -0.05) is 18.2 Å². The molecule has 0 radical (unpaired) electrons. The summed E-state index contributed by atoms with van der Waals surface area (Å²) < 4.78 is 1.58. The monoisotopic (exact) mass is 259 g/mol. The van der Waals surface area contributed by atoms with E-state index in [-0.39, 0.29) is 11.5 Å². The zero-order chi connectivity index (χ0) is 13.8. The van der Waals surface area contributed by atoms with Gasteiger partial charge in [0.2, 0.25) is 5.82 Å². The van der Waals surface area contributed by atoms with Crippen LogP contribution < -0.4 is 0 Å². The first-order valence-corrected chi connectivity index (χ1v) is 5.58. The smallest absolute Gasteiger partial charge is 0.329 e. The summed E-state index contributed by atoms with van der Waals surface area (Å²) in [5.74, 6) is 0.199. The highest BCUT2D eigenvalue weighted by Crippen LogP contribution is 2.17. The van der Waals surface area contributed by atoms with E-state index in [2.05, 4.69) is 10.2 Å². The second-order valence-corrected chi connectivity index (χ2v) is 4.10. The van der Waals surface area contributed by atoms with Crippen molar-refractivity contribution in [3.05, 3.63) is 58.8 Å². The van der Waals surface area contributed by atoms with Gasteiger partial charge in [0.15, 0.2) is 0 Å². The largest absolute Gasteiger partial charge is 0.378 e. The Morgan fingerprint density at radius 2 is 2.05 bits per heavy atom. The molecule has 0 atom stereocenters. The van der Waals surface area contributed by atoms with Crippen LogP contribution >= 0.6 is 0 Å². The van der Waals surface area contributed by atoms with Crippen molar-refractivity contribution in [1.82, 2.24) is 19.7 Å². The molecule has 0 saturated carbocycles. The third-order valence-corrected chi connectivity index (χ3v) is 2.39. The summed E-state index contributed by atoms with van der Waals surface area (Å²) in [6, 6.07) is 9.24. The highest BCUT2D eigenvalue weighted by molar-refractivity contribution is 5.53. The Morgan fingerprint density at radius 3 is 2.63 bits per heavy atom. The molecule has 0 fully saturated rings. The molecule has 98 valence electrons. The molecule has 0 aliphatic heterocycles. The molecule has 0 aliphatic carbocycles. The van der Waals surface area contributed by atoms with Crippen molar-refractivity contribution < 1.29 is 4.92 Å². The van der Waals surface area contributed by atoms with E-state index in [1.54, 1.807) is 23.6 Å². The first-order chi connectivity index (χ1) is 9.09. The van der Waals surface area contributed by atoms with Crippen molar-refractivity contribution in [3.8, 4) is 5.69 Å². The Balaban J connectivity index is 2.52. The Morgan fingerprint density at radius 1 is 1.37 bits per heavy atom. The molecule has 2 aromatic rings. The van der Waals surface area contributed by atoms with E-state index in [9.17, 15) is 10.1 Å². The Kier molecular flexibility index (Phi) is 3.56. The Labute approximate surface area is 109 Å². The van der Waals surface area contributed by atoms with Crippen LogP contribution in [0.4, 0.5) is 0 Å². The fourth-order valence-corrected chi connectivity index (χ4v) is 1.62. The molecular weight excluding hydrogens is 246 g/mol. The van der Waals surface area contributed by atoms with E-state index in [0.717, 1.165) is 5.69 Å². The van der Waals surface area contributed by atoms with Crippen LogP contribution in [-0.2, 0) is 0 Å². The maximum absolute atomic E-state index is 11.1. The molecule has 0 spiro atoms. The fourth-order valence-electron chi connectivity index (χ4n) is 1.62. The van der Waals surface area contributed by atoms with Crippen molar-refractivity contribution in [2.24, 2.45) is 0 Å². The van der Waals surface area contributed by atoms with Gasteiger partial charge in [-0.3, -0.25) is 14.7 Å². The van der Waals surface area contributed by atoms with Crippen LogP contribution in [0.5, 0.6) is 0 Å². The predicted octanol–water partition coefficient (Wildman–Crippen LogP) is 1.40. The number of nitrogens with zero attached hydrogens (tertiary/aromatic N) is 5. The minimum absolute atomic E-state index is 0.105. The lowest BCUT2D eigenvalue weighted by molar-refractivity contribution is -0.377. The normalized spacial score (nSPS) is 11.4. The van der Waals surface area contributed by atoms with Gasteiger partial charge >= 0.3 is 5.70 Å². The second-order valence-electron chi connectivity index (χ2n) is 4.10. The van der Waals surface area contributed by atoms with Crippen molar-refractivity contribution in [2.75, 3.05) is 14.1 Å². The highest BCUT2D eigenvalue weighted by Gasteiger charge is 2.22. The molecule has 0 bridgehead atoms. The molecular formula is C12H13N5O2. The molecule has 0 N–H and O–H groups in total. The van der Waals surface area contributed by atoms with Crippen molar-refractivity contribution in [1.29, 1.82) is 0 Å². The van der Waals surface area contributed by atoms with E-state index >= 15 is 0 Å². The zero-order valence-electron chi connectivity index (χ0n) is 10.6. The molecule has 0 unspecified atom stereocenters. The Bertz CT molecular complexity index is 604. The predicted molar refractivity (Wildman–Crippen MR) is 70.0 cm³/mol. The van der Waals surface area contributed by atoms with Gasteiger partial charge in [-0.05, 0) is 12.1 Å². The molecule has 1 heterocycles. The van der Waals surface area contributed by atoms with E-state index in [1.807, 2.05) is 30.3 Å².